The van der Waals surface area contributed by atoms with Gasteiger partial charge < -0.3 is 15.8 Å². The molecule has 0 radical (unpaired) electrons. The van der Waals surface area contributed by atoms with Crippen molar-refractivity contribution in [3.8, 4) is 5.75 Å². The van der Waals surface area contributed by atoms with Gasteiger partial charge in [-0.1, -0.05) is 0 Å². The minimum absolute atomic E-state index is 0.112. The Morgan fingerprint density at radius 1 is 1.27 bits per heavy atom. The van der Waals surface area contributed by atoms with Crippen molar-refractivity contribution in [2.75, 3.05) is 19.0 Å². The van der Waals surface area contributed by atoms with Crippen molar-refractivity contribution in [2.24, 2.45) is 5.73 Å². The fourth-order valence-electron chi connectivity index (χ4n) is 1.24. The Morgan fingerprint density at radius 3 is 2.33 bits per heavy atom. The highest BCUT2D eigenvalue weighted by Gasteiger charge is 2.08. The maximum atomic E-state index is 5.89. The zero-order valence-corrected chi connectivity index (χ0v) is 9.71. The summed E-state index contributed by atoms with van der Waals surface area (Å²) in [7, 11) is 1.67. The van der Waals surface area contributed by atoms with Crippen LogP contribution in [0.1, 0.15) is 20.3 Å². The third-order valence-corrected chi connectivity index (χ3v) is 2.19. The Hall–Kier alpha value is -1.22. The summed E-state index contributed by atoms with van der Waals surface area (Å²) in [6, 6.07) is 7.89. The van der Waals surface area contributed by atoms with Gasteiger partial charge in [0, 0.05) is 17.8 Å². The molecule has 0 heterocycles. The van der Waals surface area contributed by atoms with E-state index in [9.17, 15) is 0 Å². The Balaban J connectivity index is 2.38. The van der Waals surface area contributed by atoms with E-state index in [1.165, 1.54) is 0 Å². The van der Waals surface area contributed by atoms with E-state index < -0.39 is 0 Å². The van der Waals surface area contributed by atoms with E-state index in [0.717, 1.165) is 24.4 Å². The number of methoxy groups -OCH3 is 1. The second kappa shape index (κ2) is 5.03. The van der Waals surface area contributed by atoms with Crippen molar-refractivity contribution in [1.29, 1.82) is 0 Å². The fraction of sp³-hybridized carbons (Fsp3) is 0.500. The van der Waals surface area contributed by atoms with Crippen molar-refractivity contribution < 1.29 is 4.74 Å². The van der Waals surface area contributed by atoms with Gasteiger partial charge in [-0.3, -0.25) is 0 Å². The smallest absolute Gasteiger partial charge is 0.119 e. The van der Waals surface area contributed by atoms with Gasteiger partial charge in [-0.25, -0.2) is 0 Å². The SMILES string of the molecule is COc1ccc(NCCC(C)(C)N)cc1. The van der Waals surface area contributed by atoms with Crippen molar-refractivity contribution in [2.45, 2.75) is 25.8 Å². The second-order valence-electron chi connectivity index (χ2n) is 4.39. The molecule has 0 saturated carbocycles. The predicted octanol–water partition coefficient (Wildman–Crippen LogP) is 2.23. The first-order chi connectivity index (χ1) is 7.01. The first-order valence-corrected chi connectivity index (χ1v) is 5.18. The molecule has 0 aliphatic carbocycles. The summed E-state index contributed by atoms with van der Waals surface area (Å²) in [6.07, 6.45) is 0.943. The van der Waals surface area contributed by atoms with Crippen LogP contribution in [0.25, 0.3) is 0 Å². The second-order valence-corrected chi connectivity index (χ2v) is 4.39. The van der Waals surface area contributed by atoms with Crippen LogP contribution in [0.5, 0.6) is 5.75 Å². The minimum Gasteiger partial charge on any atom is -0.497 e. The lowest BCUT2D eigenvalue weighted by Crippen LogP contribution is -2.34. The van der Waals surface area contributed by atoms with E-state index in [0.29, 0.717) is 0 Å². The number of benzene rings is 1. The molecule has 15 heavy (non-hydrogen) atoms. The van der Waals surface area contributed by atoms with E-state index in [-0.39, 0.29) is 5.54 Å². The minimum atomic E-state index is -0.112. The quantitative estimate of drug-likeness (QED) is 0.780. The summed E-state index contributed by atoms with van der Waals surface area (Å²) in [5.74, 6) is 0.875. The number of nitrogens with one attached hydrogen (secondary N) is 1. The molecule has 0 saturated heterocycles. The van der Waals surface area contributed by atoms with Crippen LogP contribution in [0.2, 0.25) is 0 Å². The highest BCUT2D eigenvalue weighted by atomic mass is 16.5. The van der Waals surface area contributed by atoms with E-state index in [4.69, 9.17) is 10.5 Å². The normalized spacial score (nSPS) is 11.2. The zero-order chi connectivity index (χ0) is 11.3. The predicted molar refractivity (Wildman–Crippen MR) is 64.4 cm³/mol. The summed E-state index contributed by atoms with van der Waals surface area (Å²) in [5.41, 5.74) is 6.87. The molecule has 84 valence electrons. The van der Waals surface area contributed by atoms with Crippen LogP contribution in [-0.4, -0.2) is 19.2 Å². The fourth-order valence-corrected chi connectivity index (χ4v) is 1.24. The molecule has 0 aliphatic heterocycles. The number of rotatable bonds is 5. The Bertz CT molecular complexity index is 287. The van der Waals surface area contributed by atoms with Gasteiger partial charge in [0.2, 0.25) is 0 Å². The first kappa shape index (κ1) is 11.9. The van der Waals surface area contributed by atoms with E-state index in [1.54, 1.807) is 7.11 Å². The van der Waals surface area contributed by atoms with Gasteiger partial charge in [0.15, 0.2) is 0 Å². The van der Waals surface area contributed by atoms with Crippen LogP contribution in [0.3, 0.4) is 0 Å². The van der Waals surface area contributed by atoms with Gasteiger partial charge in [0.05, 0.1) is 7.11 Å². The molecule has 3 N–H and O–H groups in total. The Kier molecular flexibility index (Phi) is 3.97. The molecule has 1 aromatic rings. The largest absolute Gasteiger partial charge is 0.497 e. The number of nitrogens with two attached hydrogens (primary N) is 1. The van der Waals surface area contributed by atoms with E-state index in [2.05, 4.69) is 5.32 Å². The molecule has 0 amide bonds. The van der Waals surface area contributed by atoms with Gasteiger partial charge in [-0.2, -0.15) is 0 Å². The van der Waals surface area contributed by atoms with Gasteiger partial charge in [0.1, 0.15) is 5.75 Å². The summed E-state index contributed by atoms with van der Waals surface area (Å²) in [6.45, 7) is 4.95. The maximum absolute atomic E-state index is 5.89. The maximum Gasteiger partial charge on any atom is 0.119 e. The van der Waals surface area contributed by atoms with Crippen LogP contribution in [0.4, 0.5) is 5.69 Å². The molecule has 1 rings (SSSR count). The number of hydrogen-bond acceptors (Lipinski definition) is 3. The van der Waals surface area contributed by atoms with Gasteiger partial charge >= 0.3 is 0 Å². The van der Waals surface area contributed by atoms with Crippen LogP contribution >= 0.6 is 0 Å². The van der Waals surface area contributed by atoms with E-state index in [1.807, 2.05) is 38.1 Å². The molecule has 0 bridgehead atoms. The molecule has 0 aromatic heterocycles. The van der Waals surface area contributed by atoms with Crippen LogP contribution in [0.15, 0.2) is 24.3 Å². The Morgan fingerprint density at radius 2 is 1.87 bits per heavy atom. The molecule has 0 atom stereocenters. The molecular formula is C12H20N2O. The molecular weight excluding hydrogens is 188 g/mol. The lowest BCUT2D eigenvalue weighted by atomic mass is 10.0. The molecule has 0 aliphatic rings. The molecule has 0 unspecified atom stereocenters. The lowest BCUT2D eigenvalue weighted by molar-refractivity contribution is 0.415. The summed E-state index contributed by atoms with van der Waals surface area (Å²) < 4.78 is 5.08. The molecule has 1 aromatic carbocycles. The zero-order valence-electron chi connectivity index (χ0n) is 9.71. The van der Waals surface area contributed by atoms with Crippen LogP contribution in [-0.2, 0) is 0 Å². The number of ether oxygens (including phenoxy) is 1. The first-order valence-electron chi connectivity index (χ1n) is 5.18. The number of hydrogen-bond donors (Lipinski definition) is 2. The third kappa shape index (κ3) is 4.70. The number of anilines is 1. The van der Waals surface area contributed by atoms with Gasteiger partial charge in [0.25, 0.3) is 0 Å². The molecule has 0 spiro atoms. The molecule has 0 fully saturated rings. The topological polar surface area (TPSA) is 47.3 Å². The molecule has 3 heteroatoms. The third-order valence-electron chi connectivity index (χ3n) is 2.19. The summed E-state index contributed by atoms with van der Waals surface area (Å²) in [5, 5.41) is 3.32. The average Bonchev–Trinajstić information content (AvgIpc) is 2.17. The Labute approximate surface area is 91.6 Å². The standard InChI is InChI=1S/C12H20N2O/c1-12(2,13)8-9-14-10-4-6-11(15-3)7-5-10/h4-7,14H,8-9,13H2,1-3H3. The van der Waals surface area contributed by atoms with Gasteiger partial charge in [-0.05, 0) is 44.5 Å². The molecule has 3 nitrogen and oxygen atoms in total. The summed E-state index contributed by atoms with van der Waals surface area (Å²) >= 11 is 0. The summed E-state index contributed by atoms with van der Waals surface area (Å²) in [4.78, 5) is 0. The van der Waals surface area contributed by atoms with Crippen molar-refractivity contribution >= 4 is 5.69 Å². The van der Waals surface area contributed by atoms with Crippen molar-refractivity contribution in [3.05, 3.63) is 24.3 Å². The average molecular weight is 208 g/mol. The van der Waals surface area contributed by atoms with E-state index >= 15 is 0 Å². The highest BCUT2D eigenvalue weighted by Crippen LogP contribution is 2.15. The van der Waals surface area contributed by atoms with Crippen molar-refractivity contribution in [3.63, 3.8) is 0 Å². The van der Waals surface area contributed by atoms with Crippen LogP contribution in [0, 0.1) is 0 Å². The van der Waals surface area contributed by atoms with Crippen molar-refractivity contribution in [1.82, 2.24) is 0 Å². The lowest BCUT2D eigenvalue weighted by Gasteiger charge is -2.18. The van der Waals surface area contributed by atoms with Crippen LogP contribution < -0.4 is 15.8 Å². The monoisotopic (exact) mass is 208 g/mol. The highest BCUT2D eigenvalue weighted by molar-refractivity contribution is 5.46. The van der Waals surface area contributed by atoms with Gasteiger partial charge in [-0.15, -0.1) is 0 Å².